The maximum absolute atomic E-state index is 11.6. The Hall–Kier alpha value is -0.570. The first-order chi connectivity index (χ1) is 7.40. The van der Waals surface area contributed by atoms with Crippen LogP contribution in [-0.4, -0.2) is 23.7 Å². The zero-order valence-electron chi connectivity index (χ0n) is 10.8. The van der Waals surface area contributed by atoms with E-state index in [1.54, 1.807) is 0 Å². The molecule has 0 aromatic carbocycles. The Morgan fingerprint density at radius 3 is 2.50 bits per heavy atom. The van der Waals surface area contributed by atoms with Gasteiger partial charge >= 0.3 is 0 Å². The summed E-state index contributed by atoms with van der Waals surface area (Å²) < 4.78 is 0. The number of aliphatic hydroxyl groups excluding tert-OH is 1. The van der Waals surface area contributed by atoms with Gasteiger partial charge in [-0.1, -0.05) is 33.6 Å². The van der Waals surface area contributed by atoms with Crippen molar-refractivity contribution in [1.82, 2.24) is 5.32 Å². The zero-order chi connectivity index (χ0) is 12.2. The fraction of sp³-hybridized carbons (Fsp3) is 0.923. The monoisotopic (exact) mass is 227 g/mol. The maximum Gasteiger partial charge on any atom is 0.220 e. The van der Waals surface area contributed by atoms with Crippen molar-refractivity contribution in [3.63, 3.8) is 0 Å². The molecule has 1 aliphatic carbocycles. The predicted octanol–water partition coefficient (Wildman–Crippen LogP) is 2.09. The molecule has 2 N–H and O–H groups in total. The van der Waals surface area contributed by atoms with Gasteiger partial charge in [0.2, 0.25) is 5.91 Å². The lowest BCUT2D eigenvalue weighted by Crippen LogP contribution is -2.39. The van der Waals surface area contributed by atoms with Crippen LogP contribution in [0.3, 0.4) is 0 Å². The Bertz CT molecular complexity index is 229. The Balaban J connectivity index is 2.22. The molecular weight excluding hydrogens is 202 g/mol. The van der Waals surface area contributed by atoms with E-state index in [1.807, 2.05) is 0 Å². The van der Waals surface area contributed by atoms with Crippen molar-refractivity contribution in [2.24, 2.45) is 11.3 Å². The van der Waals surface area contributed by atoms with E-state index in [0.29, 0.717) is 6.42 Å². The summed E-state index contributed by atoms with van der Waals surface area (Å²) in [6, 6.07) is -0.0910. The number of hydrogen-bond donors (Lipinski definition) is 2. The predicted molar refractivity (Wildman–Crippen MR) is 65.0 cm³/mol. The highest BCUT2D eigenvalue weighted by atomic mass is 16.3. The van der Waals surface area contributed by atoms with Crippen molar-refractivity contribution in [2.75, 3.05) is 6.61 Å². The van der Waals surface area contributed by atoms with E-state index >= 15 is 0 Å². The van der Waals surface area contributed by atoms with Crippen LogP contribution in [0.15, 0.2) is 0 Å². The van der Waals surface area contributed by atoms with Crippen LogP contribution in [-0.2, 0) is 4.79 Å². The topological polar surface area (TPSA) is 49.3 Å². The molecule has 1 unspecified atom stereocenters. The van der Waals surface area contributed by atoms with E-state index in [4.69, 9.17) is 0 Å². The summed E-state index contributed by atoms with van der Waals surface area (Å²) in [6.07, 6.45) is 5.03. The van der Waals surface area contributed by atoms with E-state index in [-0.39, 0.29) is 24.0 Å². The molecule has 0 spiro atoms. The second kappa shape index (κ2) is 5.67. The summed E-state index contributed by atoms with van der Waals surface area (Å²) in [5, 5.41) is 12.1. The highest BCUT2D eigenvalue weighted by molar-refractivity contribution is 5.76. The van der Waals surface area contributed by atoms with Crippen molar-refractivity contribution in [3.8, 4) is 0 Å². The Morgan fingerprint density at radius 2 is 2.06 bits per heavy atom. The van der Waals surface area contributed by atoms with Crippen molar-refractivity contribution >= 4 is 5.91 Å². The lowest BCUT2D eigenvalue weighted by molar-refractivity contribution is -0.122. The minimum atomic E-state index is -0.0910. The molecule has 1 rings (SSSR count). The van der Waals surface area contributed by atoms with Crippen LogP contribution < -0.4 is 5.32 Å². The molecule has 0 heterocycles. The van der Waals surface area contributed by atoms with Gasteiger partial charge in [-0.15, -0.1) is 0 Å². The Morgan fingerprint density at radius 1 is 1.44 bits per heavy atom. The van der Waals surface area contributed by atoms with Gasteiger partial charge in [0.25, 0.3) is 0 Å². The summed E-state index contributed by atoms with van der Waals surface area (Å²) >= 11 is 0. The van der Waals surface area contributed by atoms with E-state index in [2.05, 4.69) is 26.1 Å². The third kappa shape index (κ3) is 6.11. The summed E-state index contributed by atoms with van der Waals surface area (Å²) in [5.74, 6) is 0.885. The van der Waals surface area contributed by atoms with Crippen LogP contribution in [0.5, 0.6) is 0 Å². The molecule has 3 heteroatoms. The fourth-order valence-corrected chi connectivity index (χ4v) is 1.94. The van der Waals surface area contributed by atoms with Crippen LogP contribution in [0.1, 0.15) is 52.9 Å². The third-order valence-electron chi connectivity index (χ3n) is 2.92. The summed E-state index contributed by atoms with van der Waals surface area (Å²) in [4.78, 5) is 11.6. The number of rotatable bonds is 6. The van der Waals surface area contributed by atoms with Crippen LogP contribution >= 0.6 is 0 Å². The van der Waals surface area contributed by atoms with E-state index in [1.165, 1.54) is 12.8 Å². The quantitative estimate of drug-likeness (QED) is 0.730. The molecule has 0 saturated heterocycles. The van der Waals surface area contributed by atoms with Crippen molar-refractivity contribution < 1.29 is 9.90 Å². The van der Waals surface area contributed by atoms with Gasteiger partial charge in [-0.3, -0.25) is 4.79 Å². The summed E-state index contributed by atoms with van der Waals surface area (Å²) in [6.45, 7) is 6.39. The molecule has 0 radical (unpaired) electrons. The van der Waals surface area contributed by atoms with E-state index in [9.17, 15) is 9.90 Å². The second-order valence-corrected chi connectivity index (χ2v) is 6.19. The van der Waals surface area contributed by atoms with Crippen LogP contribution in [0.2, 0.25) is 0 Å². The first kappa shape index (κ1) is 13.5. The van der Waals surface area contributed by atoms with Crippen LogP contribution in [0, 0.1) is 11.3 Å². The third-order valence-corrected chi connectivity index (χ3v) is 2.92. The SMILES string of the molecule is CC(C)(C)CC(CO)NC(=O)CCC1CC1. The first-order valence-electron chi connectivity index (χ1n) is 6.31. The molecule has 1 fully saturated rings. The van der Waals surface area contributed by atoms with Gasteiger partial charge in [0.1, 0.15) is 0 Å². The molecule has 16 heavy (non-hydrogen) atoms. The van der Waals surface area contributed by atoms with Gasteiger partial charge in [0, 0.05) is 6.42 Å². The molecule has 0 aromatic rings. The standard InChI is InChI=1S/C13H25NO2/c1-13(2,3)8-11(9-15)14-12(16)7-6-10-4-5-10/h10-11,15H,4-9H2,1-3H3,(H,14,16). The highest BCUT2D eigenvalue weighted by Crippen LogP contribution is 2.33. The molecule has 1 atom stereocenters. The van der Waals surface area contributed by atoms with Gasteiger partial charge in [-0.25, -0.2) is 0 Å². The molecule has 1 aliphatic rings. The number of aliphatic hydroxyl groups is 1. The summed E-state index contributed by atoms with van der Waals surface area (Å²) in [7, 11) is 0. The molecule has 0 aliphatic heterocycles. The number of hydrogen-bond acceptors (Lipinski definition) is 2. The minimum absolute atomic E-state index is 0.0342. The average molecular weight is 227 g/mol. The van der Waals surface area contributed by atoms with Gasteiger partial charge in [0.15, 0.2) is 0 Å². The average Bonchev–Trinajstić information content (AvgIpc) is 2.95. The lowest BCUT2D eigenvalue weighted by atomic mass is 9.88. The Labute approximate surface area is 98.6 Å². The number of carbonyl (C=O) groups excluding carboxylic acids is 1. The van der Waals surface area contributed by atoms with Crippen LogP contribution in [0.4, 0.5) is 0 Å². The van der Waals surface area contributed by atoms with Crippen molar-refractivity contribution in [2.45, 2.75) is 58.9 Å². The van der Waals surface area contributed by atoms with Crippen molar-refractivity contribution in [3.05, 3.63) is 0 Å². The maximum atomic E-state index is 11.6. The van der Waals surface area contributed by atoms with Gasteiger partial charge in [0.05, 0.1) is 12.6 Å². The van der Waals surface area contributed by atoms with Gasteiger partial charge < -0.3 is 10.4 Å². The molecule has 1 amide bonds. The molecule has 1 saturated carbocycles. The fourth-order valence-electron chi connectivity index (χ4n) is 1.94. The largest absolute Gasteiger partial charge is 0.394 e. The van der Waals surface area contributed by atoms with E-state index in [0.717, 1.165) is 18.8 Å². The zero-order valence-corrected chi connectivity index (χ0v) is 10.8. The highest BCUT2D eigenvalue weighted by Gasteiger charge is 2.23. The molecule has 0 aromatic heterocycles. The smallest absolute Gasteiger partial charge is 0.220 e. The molecular formula is C13H25NO2. The molecule has 94 valence electrons. The normalized spacial score (nSPS) is 18.2. The molecule has 0 bridgehead atoms. The van der Waals surface area contributed by atoms with Gasteiger partial charge in [-0.05, 0) is 24.2 Å². The number of nitrogens with one attached hydrogen (secondary N) is 1. The number of amides is 1. The Kier molecular flexibility index (Phi) is 4.78. The summed E-state index contributed by atoms with van der Waals surface area (Å²) in [5.41, 5.74) is 0.136. The second-order valence-electron chi connectivity index (χ2n) is 6.19. The minimum Gasteiger partial charge on any atom is -0.394 e. The van der Waals surface area contributed by atoms with Crippen LogP contribution in [0.25, 0.3) is 0 Å². The lowest BCUT2D eigenvalue weighted by Gasteiger charge is -2.25. The molecule has 3 nitrogen and oxygen atoms in total. The van der Waals surface area contributed by atoms with E-state index < -0.39 is 0 Å². The van der Waals surface area contributed by atoms with Crippen molar-refractivity contribution in [1.29, 1.82) is 0 Å². The first-order valence-corrected chi connectivity index (χ1v) is 6.31. The van der Waals surface area contributed by atoms with Gasteiger partial charge in [-0.2, -0.15) is 0 Å². The number of carbonyl (C=O) groups is 1.